The summed E-state index contributed by atoms with van der Waals surface area (Å²) in [5, 5.41) is 2.51. The second-order valence-electron chi connectivity index (χ2n) is 8.95. The van der Waals surface area contributed by atoms with Gasteiger partial charge in [-0.05, 0) is 67.3 Å². The largest absolute Gasteiger partial charge is 0.462 e. The topological polar surface area (TPSA) is 126 Å². The first-order valence-corrected chi connectivity index (χ1v) is 12.9. The maximum absolute atomic E-state index is 14.0. The second kappa shape index (κ2) is 12.9. The lowest BCUT2D eigenvalue weighted by Gasteiger charge is -2.16. The summed E-state index contributed by atoms with van der Waals surface area (Å²) in [6.07, 6.45) is 1.13. The molecule has 0 unspecified atom stereocenters. The number of aryl methyl sites for hydroxylation is 1. The van der Waals surface area contributed by atoms with Crippen LogP contribution in [0.4, 0.5) is 9.18 Å². The maximum Gasteiger partial charge on any atom is 0.407 e. The van der Waals surface area contributed by atoms with Gasteiger partial charge in [-0.1, -0.05) is 24.3 Å². The van der Waals surface area contributed by atoms with Crippen LogP contribution in [0.3, 0.4) is 0 Å². The molecule has 0 aliphatic rings. The molecule has 0 atom stereocenters. The number of fused-ring (bicyclic) bond motifs is 1. The Hall–Kier alpha value is -5.06. The van der Waals surface area contributed by atoms with E-state index in [-0.39, 0.29) is 36.5 Å². The molecule has 0 saturated heterocycles. The first-order chi connectivity index (χ1) is 19.7. The average molecular weight is 562 g/mol. The van der Waals surface area contributed by atoms with E-state index < -0.39 is 35.0 Å². The predicted molar refractivity (Wildman–Crippen MR) is 147 cm³/mol. The molecule has 0 fully saturated rings. The van der Waals surface area contributed by atoms with Crippen molar-refractivity contribution < 1.29 is 33.0 Å². The highest BCUT2D eigenvalue weighted by Gasteiger charge is 2.27. The van der Waals surface area contributed by atoms with E-state index in [1.807, 2.05) is 0 Å². The van der Waals surface area contributed by atoms with Gasteiger partial charge in [0.1, 0.15) is 17.9 Å². The van der Waals surface area contributed by atoms with Crippen LogP contribution in [0.15, 0.2) is 65.6 Å². The number of rotatable bonds is 9. The molecule has 0 bridgehead atoms. The number of esters is 2. The summed E-state index contributed by atoms with van der Waals surface area (Å²) >= 11 is 0. The fraction of sp³-hybridized carbons (Fsp3) is 0.233. The minimum absolute atomic E-state index is 0.00227. The summed E-state index contributed by atoms with van der Waals surface area (Å²) in [5.74, 6) is -2.52. The van der Waals surface area contributed by atoms with E-state index in [9.17, 15) is 23.6 Å². The molecule has 4 aromatic rings. The Kier molecular flexibility index (Phi) is 9.08. The van der Waals surface area contributed by atoms with Crippen LogP contribution in [-0.4, -0.2) is 40.7 Å². The number of benzene rings is 2. The molecule has 10 nitrogen and oxygen atoms in total. The van der Waals surface area contributed by atoms with Crippen LogP contribution in [0.5, 0.6) is 5.75 Å². The molecule has 0 radical (unpaired) electrons. The third-order valence-electron chi connectivity index (χ3n) is 6.17. The van der Waals surface area contributed by atoms with Gasteiger partial charge in [0.2, 0.25) is 0 Å². The fourth-order valence-electron chi connectivity index (χ4n) is 4.18. The van der Waals surface area contributed by atoms with Crippen LogP contribution in [-0.2, 0) is 29.5 Å². The van der Waals surface area contributed by atoms with E-state index in [1.165, 1.54) is 42.1 Å². The highest BCUT2D eigenvalue weighted by Crippen LogP contribution is 2.29. The zero-order valence-electron chi connectivity index (χ0n) is 22.7. The van der Waals surface area contributed by atoms with Gasteiger partial charge in [0, 0.05) is 19.8 Å². The molecule has 2 aromatic carbocycles. The van der Waals surface area contributed by atoms with Gasteiger partial charge in [-0.15, -0.1) is 0 Å². The number of pyridine rings is 2. The molecule has 1 amide bonds. The highest BCUT2D eigenvalue weighted by atomic mass is 19.1. The average Bonchev–Trinajstić information content (AvgIpc) is 2.96. The normalized spacial score (nSPS) is 10.7. The number of alkyl carbamates (subject to hydrolysis) is 1. The van der Waals surface area contributed by atoms with Gasteiger partial charge in [0.15, 0.2) is 11.3 Å². The van der Waals surface area contributed by atoms with Gasteiger partial charge in [-0.3, -0.25) is 9.78 Å². The van der Waals surface area contributed by atoms with Crippen molar-refractivity contribution in [3.8, 4) is 5.75 Å². The van der Waals surface area contributed by atoms with Gasteiger partial charge in [-0.2, -0.15) is 0 Å². The number of nitrogens with one attached hydrogen (secondary N) is 1. The van der Waals surface area contributed by atoms with E-state index in [2.05, 4.69) is 10.3 Å². The lowest BCUT2D eigenvalue weighted by Crippen LogP contribution is -2.28. The molecule has 1 N–H and O–H groups in total. The first kappa shape index (κ1) is 28.9. The summed E-state index contributed by atoms with van der Waals surface area (Å²) < 4.78 is 31.1. The highest BCUT2D eigenvalue weighted by molar-refractivity contribution is 6.01. The predicted octanol–water partition coefficient (Wildman–Crippen LogP) is 4.31. The number of carbonyl (C=O) groups is 3. The van der Waals surface area contributed by atoms with E-state index in [1.54, 1.807) is 44.2 Å². The van der Waals surface area contributed by atoms with E-state index in [0.717, 1.165) is 0 Å². The minimum Gasteiger partial charge on any atom is -0.462 e. The Morgan fingerprint density at radius 3 is 2.44 bits per heavy atom. The number of halogens is 1. The number of aromatic nitrogens is 2. The fourth-order valence-corrected chi connectivity index (χ4v) is 4.18. The molecule has 212 valence electrons. The van der Waals surface area contributed by atoms with Crippen LogP contribution in [0.1, 0.15) is 51.3 Å². The summed E-state index contributed by atoms with van der Waals surface area (Å²) in [7, 11) is 1.46. The SMILES string of the molecule is CCNC(=O)OCc1cc(F)ccc1Cc1cnc2c(OC(=O)c3ccccc3)c(C(=O)OCC)c(=O)n(C)c2c1. The monoisotopic (exact) mass is 561 g/mol. The zero-order chi connectivity index (χ0) is 29.5. The number of ether oxygens (including phenoxy) is 3. The molecular formula is C30H28FN3O7. The Labute approximate surface area is 234 Å². The van der Waals surface area contributed by atoms with Crippen LogP contribution >= 0.6 is 0 Å². The molecule has 0 saturated carbocycles. The van der Waals surface area contributed by atoms with Crippen molar-refractivity contribution in [1.82, 2.24) is 14.9 Å². The standard InChI is InChI=1S/C30H28FN3O7/c1-4-32-30(38)40-17-21-15-22(31)12-11-20(21)13-18-14-23-25(33-16-18)26(41-28(36)19-9-7-6-8-10-19)24(27(35)34(23)3)29(37)39-5-2/h6-12,14-16H,4-5,13,17H2,1-3H3,(H,32,38). The molecular weight excluding hydrogens is 533 g/mol. The summed E-state index contributed by atoms with van der Waals surface area (Å²) in [6, 6.07) is 13.9. The van der Waals surface area contributed by atoms with Crippen LogP contribution in [0.2, 0.25) is 0 Å². The van der Waals surface area contributed by atoms with E-state index in [0.29, 0.717) is 28.8 Å². The number of nitrogens with zero attached hydrogens (tertiary/aromatic N) is 2. The second-order valence-corrected chi connectivity index (χ2v) is 8.95. The third-order valence-corrected chi connectivity index (χ3v) is 6.17. The Balaban J connectivity index is 1.77. The van der Waals surface area contributed by atoms with Crippen molar-refractivity contribution in [2.75, 3.05) is 13.2 Å². The molecule has 0 aliphatic heterocycles. The third kappa shape index (κ3) is 6.57. The van der Waals surface area contributed by atoms with Crippen molar-refractivity contribution in [2.24, 2.45) is 7.05 Å². The van der Waals surface area contributed by atoms with E-state index >= 15 is 0 Å². The zero-order valence-corrected chi connectivity index (χ0v) is 22.7. The van der Waals surface area contributed by atoms with Crippen molar-refractivity contribution in [2.45, 2.75) is 26.9 Å². The lowest BCUT2D eigenvalue weighted by atomic mass is 10.0. The van der Waals surface area contributed by atoms with Gasteiger partial charge >= 0.3 is 18.0 Å². The van der Waals surface area contributed by atoms with Gasteiger partial charge < -0.3 is 24.1 Å². The molecule has 11 heteroatoms. The van der Waals surface area contributed by atoms with Crippen LogP contribution in [0.25, 0.3) is 11.0 Å². The Morgan fingerprint density at radius 2 is 1.73 bits per heavy atom. The van der Waals surface area contributed by atoms with Crippen molar-refractivity contribution in [3.63, 3.8) is 0 Å². The van der Waals surface area contributed by atoms with Crippen molar-refractivity contribution in [3.05, 3.63) is 105 Å². The molecule has 0 spiro atoms. The molecule has 2 heterocycles. The minimum atomic E-state index is -0.945. The molecule has 41 heavy (non-hydrogen) atoms. The smallest absolute Gasteiger partial charge is 0.407 e. The van der Waals surface area contributed by atoms with Gasteiger partial charge in [0.25, 0.3) is 5.56 Å². The summed E-state index contributed by atoms with van der Waals surface area (Å²) in [5.41, 5.74) is 1.18. The Morgan fingerprint density at radius 1 is 0.976 bits per heavy atom. The van der Waals surface area contributed by atoms with Gasteiger partial charge in [-0.25, -0.2) is 18.8 Å². The molecule has 0 aliphatic carbocycles. The number of carbonyl (C=O) groups excluding carboxylic acids is 3. The number of amides is 1. The lowest BCUT2D eigenvalue weighted by molar-refractivity contribution is 0.0518. The first-order valence-electron chi connectivity index (χ1n) is 12.9. The Bertz CT molecular complexity index is 1670. The summed E-state index contributed by atoms with van der Waals surface area (Å²) in [4.78, 5) is 55.3. The van der Waals surface area contributed by atoms with E-state index in [4.69, 9.17) is 14.2 Å². The quantitative estimate of drug-likeness (QED) is 0.300. The van der Waals surface area contributed by atoms with Gasteiger partial charge in [0.05, 0.1) is 17.7 Å². The molecule has 2 aromatic heterocycles. The summed E-state index contributed by atoms with van der Waals surface area (Å²) in [6.45, 7) is 3.58. The van der Waals surface area contributed by atoms with Crippen molar-refractivity contribution in [1.29, 1.82) is 0 Å². The molecule has 4 rings (SSSR count). The van der Waals surface area contributed by atoms with Crippen molar-refractivity contribution >= 4 is 29.1 Å². The number of hydrogen-bond donors (Lipinski definition) is 1. The van der Waals surface area contributed by atoms with Crippen LogP contribution in [0, 0.1) is 5.82 Å². The number of hydrogen-bond acceptors (Lipinski definition) is 8. The maximum atomic E-state index is 14.0. The van der Waals surface area contributed by atoms with Crippen LogP contribution < -0.4 is 15.6 Å².